The molecule has 146 valence electrons. The zero-order chi connectivity index (χ0) is 20.5. The second-order valence-electron chi connectivity index (χ2n) is 6.78. The molecular weight excluding hydrogens is 378 g/mol. The molecule has 6 nitrogen and oxygen atoms in total. The summed E-state index contributed by atoms with van der Waals surface area (Å²) >= 11 is 0. The van der Waals surface area contributed by atoms with Gasteiger partial charge in [0, 0.05) is 18.3 Å². The maximum Gasteiger partial charge on any atom is 0.258 e. The summed E-state index contributed by atoms with van der Waals surface area (Å²) in [6.07, 6.45) is 3.18. The van der Waals surface area contributed by atoms with E-state index >= 15 is 0 Å². The number of nitrogens with zero attached hydrogens (tertiary/aromatic N) is 3. The number of para-hydroxylation sites is 1. The molecule has 0 spiro atoms. The number of benzene rings is 2. The fraction of sp³-hybridized carbons (Fsp3) is 0.0417. The highest BCUT2D eigenvalue weighted by molar-refractivity contribution is 6.07. The second kappa shape index (κ2) is 7.33. The van der Waals surface area contributed by atoms with Gasteiger partial charge in [0.05, 0.1) is 23.6 Å². The Morgan fingerprint density at radius 3 is 2.00 bits per heavy atom. The van der Waals surface area contributed by atoms with Crippen LogP contribution in [0, 0.1) is 0 Å². The Hall–Kier alpha value is -4.19. The van der Waals surface area contributed by atoms with Crippen molar-refractivity contribution >= 4 is 22.6 Å². The molecule has 0 aliphatic rings. The molecule has 30 heavy (non-hydrogen) atoms. The number of hydrogen-bond acceptors (Lipinski definition) is 5. The third kappa shape index (κ3) is 3.14. The number of rotatable bonds is 4. The standard InChI is InChI=1S/C24H17N3O3/c1-27(17-7-3-2-4-8-17)24(28)16-11-12-18-19(15-16)26-23(21-10-6-14-30-21)22(25-18)20-9-5-13-29-20/h2-15H,1H3. The highest BCUT2D eigenvalue weighted by Gasteiger charge is 2.19. The van der Waals surface area contributed by atoms with Crippen LogP contribution in [0.25, 0.3) is 33.9 Å². The quantitative estimate of drug-likeness (QED) is 0.406. The first-order chi connectivity index (χ1) is 14.7. The van der Waals surface area contributed by atoms with Crippen molar-refractivity contribution in [2.24, 2.45) is 0 Å². The van der Waals surface area contributed by atoms with Gasteiger partial charge in [-0.25, -0.2) is 9.97 Å². The number of anilines is 1. The van der Waals surface area contributed by atoms with Crippen LogP contribution in [0.1, 0.15) is 10.4 Å². The summed E-state index contributed by atoms with van der Waals surface area (Å²) in [5.74, 6) is 1.05. The van der Waals surface area contributed by atoms with E-state index in [1.54, 1.807) is 54.8 Å². The predicted octanol–water partition coefficient (Wildman–Crippen LogP) is 5.43. The molecule has 0 radical (unpaired) electrons. The normalized spacial score (nSPS) is 11.0. The van der Waals surface area contributed by atoms with E-state index in [0.717, 1.165) is 5.69 Å². The maximum absolute atomic E-state index is 13.0. The van der Waals surface area contributed by atoms with Gasteiger partial charge in [-0.1, -0.05) is 18.2 Å². The van der Waals surface area contributed by atoms with Crippen molar-refractivity contribution < 1.29 is 13.6 Å². The third-order valence-corrected chi connectivity index (χ3v) is 4.87. The smallest absolute Gasteiger partial charge is 0.258 e. The van der Waals surface area contributed by atoms with E-state index in [2.05, 4.69) is 0 Å². The number of aromatic nitrogens is 2. The topological polar surface area (TPSA) is 72.4 Å². The van der Waals surface area contributed by atoms with Crippen LogP contribution < -0.4 is 4.90 Å². The number of carbonyl (C=O) groups is 1. The van der Waals surface area contributed by atoms with Crippen molar-refractivity contribution in [1.82, 2.24) is 9.97 Å². The Kier molecular flexibility index (Phi) is 4.37. The summed E-state index contributed by atoms with van der Waals surface area (Å²) in [6.45, 7) is 0. The molecule has 5 aromatic rings. The van der Waals surface area contributed by atoms with Crippen LogP contribution in [0.2, 0.25) is 0 Å². The molecule has 3 heterocycles. The molecule has 5 rings (SSSR count). The van der Waals surface area contributed by atoms with Gasteiger partial charge >= 0.3 is 0 Å². The Balaban J connectivity index is 1.61. The van der Waals surface area contributed by atoms with Crippen LogP contribution in [0.3, 0.4) is 0 Å². The number of amides is 1. The van der Waals surface area contributed by atoms with Crippen molar-refractivity contribution in [1.29, 1.82) is 0 Å². The second-order valence-corrected chi connectivity index (χ2v) is 6.78. The molecule has 3 aromatic heterocycles. The minimum absolute atomic E-state index is 0.125. The van der Waals surface area contributed by atoms with Crippen LogP contribution in [-0.2, 0) is 0 Å². The van der Waals surface area contributed by atoms with Crippen LogP contribution >= 0.6 is 0 Å². The maximum atomic E-state index is 13.0. The molecule has 0 aliphatic heterocycles. The lowest BCUT2D eigenvalue weighted by atomic mass is 10.1. The van der Waals surface area contributed by atoms with E-state index < -0.39 is 0 Å². The molecule has 1 amide bonds. The van der Waals surface area contributed by atoms with Crippen molar-refractivity contribution in [3.05, 3.63) is 90.9 Å². The van der Waals surface area contributed by atoms with E-state index in [1.807, 2.05) is 42.5 Å². The molecule has 0 fully saturated rings. The summed E-state index contributed by atoms with van der Waals surface area (Å²) < 4.78 is 11.1. The van der Waals surface area contributed by atoms with E-state index in [0.29, 0.717) is 39.5 Å². The minimum atomic E-state index is -0.125. The summed E-state index contributed by atoms with van der Waals surface area (Å²) in [7, 11) is 1.75. The van der Waals surface area contributed by atoms with Gasteiger partial charge in [-0.05, 0) is 54.6 Å². The van der Waals surface area contributed by atoms with E-state index in [4.69, 9.17) is 18.8 Å². The fourth-order valence-electron chi connectivity index (χ4n) is 3.32. The number of hydrogen-bond donors (Lipinski definition) is 0. The summed E-state index contributed by atoms with van der Waals surface area (Å²) in [5.41, 5.74) is 3.75. The first kappa shape index (κ1) is 17.9. The molecule has 0 saturated carbocycles. The zero-order valence-corrected chi connectivity index (χ0v) is 16.1. The fourth-order valence-corrected chi connectivity index (χ4v) is 3.32. The lowest BCUT2D eigenvalue weighted by molar-refractivity contribution is 0.0993. The lowest BCUT2D eigenvalue weighted by Gasteiger charge is -2.17. The Labute approximate surface area is 172 Å². The van der Waals surface area contributed by atoms with E-state index in [1.165, 1.54) is 0 Å². The minimum Gasteiger partial charge on any atom is -0.463 e. The molecule has 0 saturated heterocycles. The molecule has 0 unspecified atom stereocenters. The highest BCUT2D eigenvalue weighted by atomic mass is 16.3. The summed E-state index contributed by atoms with van der Waals surface area (Å²) in [6, 6.07) is 22.1. The van der Waals surface area contributed by atoms with Gasteiger partial charge in [0.2, 0.25) is 0 Å². The Morgan fingerprint density at radius 1 is 0.767 bits per heavy atom. The van der Waals surface area contributed by atoms with Crippen LogP contribution in [0.5, 0.6) is 0 Å². The summed E-state index contributed by atoms with van der Waals surface area (Å²) in [5, 5.41) is 0. The highest BCUT2D eigenvalue weighted by Crippen LogP contribution is 2.31. The van der Waals surface area contributed by atoms with Crippen molar-refractivity contribution in [2.45, 2.75) is 0 Å². The van der Waals surface area contributed by atoms with Gasteiger partial charge in [-0.15, -0.1) is 0 Å². The first-order valence-corrected chi connectivity index (χ1v) is 9.43. The average Bonchev–Trinajstić information content (AvgIpc) is 3.52. The largest absolute Gasteiger partial charge is 0.463 e. The SMILES string of the molecule is CN(C(=O)c1ccc2nc(-c3ccco3)c(-c3ccco3)nc2c1)c1ccccc1. The average molecular weight is 395 g/mol. The monoisotopic (exact) mass is 395 g/mol. The first-order valence-electron chi connectivity index (χ1n) is 9.43. The van der Waals surface area contributed by atoms with Crippen molar-refractivity contribution in [3.8, 4) is 22.9 Å². The van der Waals surface area contributed by atoms with Crippen molar-refractivity contribution in [3.63, 3.8) is 0 Å². The zero-order valence-electron chi connectivity index (χ0n) is 16.1. The summed E-state index contributed by atoms with van der Waals surface area (Å²) in [4.78, 5) is 24.1. The van der Waals surface area contributed by atoms with Gasteiger partial charge in [0.25, 0.3) is 5.91 Å². The van der Waals surface area contributed by atoms with Gasteiger partial charge in [-0.2, -0.15) is 0 Å². The number of fused-ring (bicyclic) bond motifs is 1. The number of furan rings is 2. The van der Waals surface area contributed by atoms with Gasteiger partial charge in [0.15, 0.2) is 11.5 Å². The molecule has 6 heteroatoms. The molecule has 0 bridgehead atoms. The van der Waals surface area contributed by atoms with E-state index in [9.17, 15) is 4.79 Å². The molecule has 0 aliphatic carbocycles. The van der Waals surface area contributed by atoms with Gasteiger partial charge in [0.1, 0.15) is 11.4 Å². The van der Waals surface area contributed by atoms with Crippen molar-refractivity contribution in [2.75, 3.05) is 11.9 Å². The molecular formula is C24H17N3O3. The lowest BCUT2D eigenvalue weighted by Crippen LogP contribution is -2.26. The van der Waals surface area contributed by atoms with Crippen LogP contribution in [-0.4, -0.2) is 22.9 Å². The van der Waals surface area contributed by atoms with Crippen LogP contribution in [0.15, 0.2) is 94.2 Å². The molecule has 2 aromatic carbocycles. The van der Waals surface area contributed by atoms with Gasteiger partial charge < -0.3 is 13.7 Å². The Morgan fingerprint density at radius 2 is 1.40 bits per heavy atom. The third-order valence-electron chi connectivity index (χ3n) is 4.87. The molecule has 0 atom stereocenters. The number of carbonyl (C=O) groups excluding carboxylic acids is 1. The van der Waals surface area contributed by atoms with E-state index in [-0.39, 0.29) is 5.91 Å². The Bertz CT molecular complexity index is 1310. The van der Waals surface area contributed by atoms with Gasteiger partial charge in [-0.3, -0.25) is 4.79 Å². The van der Waals surface area contributed by atoms with Crippen LogP contribution in [0.4, 0.5) is 5.69 Å². The predicted molar refractivity (Wildman–Crippen MR) is 114 cm³/mol. The molecule has 0 N–H and O–H groups in total.